The molecule has 3 heteroatoms. The van der Waals surface area contributed by atoms with E-state index >= 15 is 0 Å². The molecule has 0 fully saturated rings. The van der Waals surface area contributed by atoms with Crippen LogP contribution in [-0.2, 0) is 0 Å². The van der Waals surface area contributed by atoms with Gasteiger partial charge in [-0.15, -0.1) is 0 Å². The molecule has 0 saturated heterocycles. The normalized spacial score (nSPS) is 11.1. The van der Waals surface area contributed by atoms with Crippen LogP contribution in [0.1, 0.15) is 0 Å². The minimum Gasteiger partial charge on any atom is -0.427 e. The smallest absolute Gasteiger partial charge is 0.176 e. The summed E-state index contributed by atoms with van der Waals surface area (Å²) in [5.41, 5.74) is 1.89. The Bertz CT molecular complexity index is 571. The van der Waals surface area contributed by atoms with Gasteiger partial charge in [0.15, 0.2) is 5.82 Å². The molecule has 0 radical (unpaired) electrons. The summed E-state index contributed by atoms with van der Waals surface area (Å²) in [6.45, 7) is 0. The van der Waals surface area contributed by atoms with E-state index in [0.717, 1.165) is 21.2 Å². The molecule has 3 rings (SSSR count). The van der Waals surface area contributed by atoms with Crippen LogP contribution in [0.2, 0.25) is 0 Å². The molecule has 0 aliphatic carbocycles. The second kappa shape index (κ2) is 2.48. The molecule has 3 nitrogen and oxygen atoms in total. The van der Waals surface area contributed by atoms with Crippen molar-refractivity contribution in [1.82, 2.24) is 9.71 Å². The second-order valence-electron chi connectivity index (χ2n) is 3.22. The lowest BCUT2D eigenvalue weighted by Crippen LogP contribution is -1.96. The predicted octanol–water partition coefficient (Wildman–Crippen LogP) is 2.38. The summed E-state index contributed by atoms with van der Waals surface area (Å²) in [4.78, 5) is 4.33. The molecule has 1 aromatic carbocycles. The molecule has 0 atom stereocenters. The number of aromatic nitrogens is 2. The van der Waals surface area contributed by atoms with Crippen LogP contribution in [-0.4, -0.2) is 14.9 Å². The van der Waals surface area contributed by atoms with Gasteiger partial charge in [-0.3, -0.25) is 0 Å². The summed E-state index contributed by atoms with van der Waals surface area (Å²) in [5, 5.41) is 10.6. The molecule has 2 aliphatic rings. The number of benzene rings is 1. The first-order valence-electron chi connectivity index (χ1n) is 4.41. The maximum atomic E-state index is 9.53. The van der Waals surface area contributed by atoms with Crippen LogP contribution in [0, 0.1) is 0 Å². The van der Waals surface area contributed by atoms with E-state index in [1.165, 1.54) is 0 Å². The number of pyridine rings is 1. The van der Waals surface area contributed by atoms with Crippen molar-refractivity contribution >= 4 is 10.9 Å². The topological polar surface area (TPSA) is 38.0 Å². The highest BCUT2D eigenvalue weighted by molar-refractivity contribution is 5.96. The van der Waals surface area contributed by atoms with E-state index in [-0.39, 0.29) is 0 Å². The molecule has 68 valence electrons. The Kier molecular flexibility index (Phi) is 1.31. The van der Waals surface area contributed by atoms with Gasteiger partial charge >= 0.3 is 0 Å². The van der Waals surface area contributed by atoms with E-state index in [4.69, 9.17) is 0 Å². The summed E-state index contributed by atoms with van der Waals surface area (Å²) in [6, 6.07) is 11.6. The monoisotopic (exact) mass is 184 g/mol. The van der Waals surface area contributed by atoms with Gasteiger partial charge in [-0.25, -0.2) is 4.98 Å². The molecule has 0 spiro atoms. The van der Waals surface area contributed by atoms with Gasteiger partial charge in [0.25, 0.3) is 0 Å². The lowest BCUT2D eigenvalue weighted by Gasteiger charge is -2.01. The molecule has 0 saturated carbocycles. The van der Waals surface area contributed by atoms with E-state index in [9.17, 15) is 5.21 Å². The van der Waals surface area contributed by atoms with Crippen molar-refractivity contribution in [3.05, 3.63) is 42.6 Å². The number of hydrogen-bond acceptors (Lipinski definition) is 2. The second-order valence-corrected chi connectivity index (χ2v) is 3.22. The van der Waals surface area contributed by atoms with Crippen molar-refractivity contribution in [3.8, 4) is 11.4 Å². The summed E-state index contributed by atoms with van der Waals surface area (Å²) in [7, 11) is 0. The van der Waals surface area contributed by atoms with Gasteiger partial charge < -0.3 is 5.21 Å². The van der Waals surface area contributed by atoms with Crippen LogP contribution in [0.4, 0.5) is 0 Å². The lowest BCUT2D eigenvalue weighted by molar-refractivity contribution is 0.187. The first kappa shape index (κ1) is 7.38. The largest absolute Gasteiger partial charge is 0.427 e. The van der Waals surface area contributed by atoms with Gasteiger partial charge in [0.05, 0.1) is 5.52 Å². The van der Waals surface area contributed by atoms with Crippen molar-refractivity contribution in [2.24, 2.45) is 0 Å². The number of hydrogen-bond donors (Lipinski definition) is 1. The van der Waals surface area contributed by atoms with Crippen LogP contribution in [0.3, 0.4) is 0 Å². The third-order valence-corrected chi connectivity index (χ3v) is 2.37. The summed E-state index contributed by atoms with van der Waals surface area (Å²) < 4.78 is 1.05. The number of fused-ring (bicyclic) bond motifs is 3. The fourth-order valence-corrected chi connectivity index (χ4v) is 1.72. The molecular weight excluding hydrogens is 176 g/mol. The van der Waals surface area contributed by atoms with E-state index in [0.29, 0.717) is 5.82 Å². The number of rotatable bonds is 0. The maximum absolute atomic E-state index is 9.53. The Morgan fingerprint density at radius 1 is 1.07 bits per heavy atom. The molecule has 0 aromatic heterocycles. The molecule has 1 N–H and O–H groups in total. The summed E-state index contributed by atoms with van der Waals surface area (Å²) >= 11 is 0. The number of para-hydroxylation sites is 1. The van der Waals surface area contributed by atoms with Gasteiger partial charge in [0.1, 0.15) is 0 Å². The molecular formula is C11H8N2O. The van der Waals surface area contributed by atoms with Crippen LogP contribution in [0.15, 0.2) is 42.6 Å². The zero-order chi connectivity index (χ0) is 9.54. The highest BCUT2D eigenvalue weighted by atomic mass is 16.5. The van der Waals surface area contributed by atoms with E-state index in [1.54, 1.807) is 12.3 Å². The predicted molar refractivity (Wildman–Crippen MR) is 53.5 cm³/mol. The Balaban J connectivity index is 2.55. The number of nitrogens with zero attached hydrogens (tertiary/aromatic N) is 2. The third-order valence-electron chi connectivity index (χ3n) is 2.37. The maximum Gasteiger partial charge on any atom is 0.176 e. The van der Waals surface area contributed by atoms with Crippen molar-refractivity contribution in [3.63, 3.8) is 0 Å². The van der Waals surface area contributed by atoms with Gasteiger partial charge in [-0.05, 0) is 18.2 Å². The Morgan fingerprint density at radius 3 is 2.86 bits per heavy atom. The fourth-order valence-electron chi connectivity index (χ4n) is 1.72. The molecule has 0 bridgehead atoms. The lowest BCUT2D eigenvalue weighted by atomic mass is 10.1. The zero-order valence-electron chi connectivity index (χ0n) is 7.38. The summed E-state index contributed by atoms with van der Waals surface area (Å²) in [6.07, 6.45) is 1.58. The Hall–Kier alpha value is -2.03. The standard InChI is InChI=1S/C11H8N2O/c14-13-7-3-5-9-8-4-1-2-6-10(8)12-11(9)13/h1-7,14H. The van der Waals surface area contributed by atoms with Crippen molar-refractivity contribution in [2.45, 2.75) is 0 Å². The molecule has 0 amide bonds. The molecule has 2 aliphatic heterocycles. The minimum atomic E-state index is 0.605. The highest BCUT2D eigenvalue weighted by Crippen LogP contribution is 2.29. The van der Waals surface area contributed by atoms with Crippen molar-refractivity contribution in [1.29, 1.82) is 0 Å². The Labute approximate surface area is 80.5 Å². The van der Waals surface area contributed by atoms with Gasteiger partial charge in [-0.1, -0.05) is 18.2 Å². The average Bonchev–Trinajstić information content (AvgIpc) is 2.59. The minimum absolute atomic E-state index is 0.605. The third kappa shape index (κ3) is 0.836. The first-order valence-corrected chi connectivity index (χ1v) is 4.41. The van der Waals surface area contributed by atoms with E-state index in [2.05, 4.69) is 4.98 Å². The van der Waals surface area contributed by atoms with E-state index < -0.39 is 0 Å². The highest BCUT2D eigenvalue weighted by Gasteiger charge is 2.12. The van der Waals surface area contributed by atoms with Crippen LogP contribution >= 0.6 is 0 Å². The van der Waals surface area contributed by atoms with Gasteiger partial charge in [0, 0.05) is 17.1 Å². The Morgan fingerprint density at radius 2 is 1.93 bits per heavy atom. The van der Waals surface area contributed by atoms with E-state index in [1.807, 2.05) is 30.3 Å². The van der Waals surface area contributed by atoms with Gasteiger partial charge in [0.2, 0.25) is 0 Å². The van der Waals surface area contributed by atoms with Gasteiger partial charge in [-0.2, -0.15) is 4.73 Å². The van der Waals surface area contributed by atoms with Crippen LogP contribution in [0.5, 0.6) is 0 Å². The molecule has 2 heterocycles. The molecule has 14 heavy (non-hydrogen) atoms. The van der Waals surface area contributed by atoms with Crippen molar-refractivity contribution in [2.75, 3.05) is 0 Å². The SMILES string of the molecule is On1cccc2c3ccccc3nc1-2. The quantitative estimate of drug-likeness (QED) is 0.545. The average molecular weight is 184 g/mol. The summed E-state index contributed by atoms with van der Waals surface area (Å²) in [5.74, 6) is 0.605. The fraction of sp³-hybridized carbons (Fsp3) is 0. The van der Waals surface area contributed by atoms with Crippen molar-refractivity contribution < 1.29 is 5.21 Å². The molecule has 1 aromatic rings. The first-order chi connectivity index (χ1) is 6.86. The van der Waals surface area contributed by atoms with Crippen LogP contribution in [0.25, 0.3) is 22.3 Å². The van der Waals surface area contributed by atoms with Crippen LogP contribution < -0.4 is 0 Å². The molecule has 0 unspecified atom stereocenters. The zero-order valence-corrected chi connectivity index (χ0v) is 7.38.